The van der Waals surface area contributed by atoms with Gasteiger partial charge in [-0.05, 0) is 30.2 Å². The fourth-order valence-electron chi connectivity index (χ4n) is 4.49. The third-order valence-corrected chi connectivity index (χ3v) is 9.18. The van der Waals surface area contributed by atoms with Gasteiger partial charge in [-0.1, -0.05) is 78.4 Å². The highest BCUT2D eigenvalue weighted by Crippen LogP contribution is 2.40. The molecule has 0 aliphatic carbocycles. The van der Waals surface area contributed by atoms with Crippen molar-refractivity contribution in [3.8, 4) is 0 Å². The van der Waals surface area contributed by atoms with Crippen molar-refractivity contribution in [3.63, 3.8) is 0 Å². The minimum absolute atomic E-state index is 0.0320. The Balaban J connectivity index is 1.46. The van der Waals surface area contributed by atoms with Gasteiger partial charge < -0.3 is 15.4 Å². The van der Waals surface area contributed by atoms with E-state index in [2.05, 4.69) is 0 Å². The molecule has 2 heterocycles. The number of rotatable bonds is 7. The third kappa shape index (κ3) is 5.02. The van der Waals surface area contributed by atoms with Crippen LogP contribution in [0.15, 0.2) is 89.8 Å². The van der Waals surface area contributed by atoms with E-state index in [0.29, 0.717) is 0 Å². The standard InChI is InChI=1S/C27H26N2O6S2/c1-17-12-14-20(15-13-17)37(32,33)35-21-16-36-26-22(28)25(30)29(26)23(21)27(31)34-24(18-8-4-2-5-9-18)19-10-6-3-7-11-19/h2-15,21-24,26H,16,28H2,1H3/t21?,22-,23?,26-/m1/s1. The summed E-state index contributed by atoms with van der Waals surface area (Å²) in [5.74, 6) is -1.06. The van der Waals surface area contributed by atoms with E-state index in [-0.39, 0.29) is 10.6 Å². The zero-order chi connectivity index (χ0) is 26.2. The van der Waals surface area contributed by atoms with Gasteiger partial charge in [0.2, 0.25) is 5.91 Å². The van der Waals surface area contributed by atoms with E-state index in [9.17, 15) is 18.0 Å². The molecule has 3 aromatic carbocycles. The highest BCUT2D eigenvalue weighted by Gasteiger charge is 2.58. The van der Waals surface area contributed by atoms with Crippen LogP contribution in [0, 0.1) is 6.92 Å². The summed E-state index contributed by atoms with van der Waals surface area (Å²) in [6.45, 7) is 1.84. The Hall–Kier alpha value is -3.18. The molecule has 2 aliphatic rings. The second-order valence-corrected chi connectivity index (χ2v) is 11.7. The average Bonchev–Trinajstić information content (AvgIpc) is 2.92. The molecule has 192 valence electrons. The van der Waals surface area contributed by atoms with Crippen LogP contribution >= 0.6 is 11.8 Å². The Bertz CT molecular complexity index is 1340. The lowest BCUT2D eigenvalue weighted by Crippen LogP contribution is -2.75. The third-order valence-electron chi connectivity index (χ3n) is 6.44. The Morgan fingerprint density at radius 1 is 0.973 bits per heavy atom. The molecule has 3 aromatic rings. The van der Waals surface area contributed by atoms with Crippen molar-refractivity contribution in [1.29, 1.82) is 0 Å². The number of thioether (sulfide) groups is 1. The van der Waals surface area contributed by atoms with Crippen LogP contribution in [0.5, 0.6) is 0 Å². The molecular formula is C27H26N2O6S2. The van der Waals surface area contributed by atoms with Crippen LogP contribution in [0.2, 0.25) is 0 Å². The molecule has 0 spiro atoms. The van der Waals surface area contributed by atoms with E-state index >= 15 is 0 Å². The minimum Gasteiger partial charge on any atom is -0.451 e. The largest absolute Gasteiger partial charge is 0.451 e. The molecule has 2 unspecified atom stereocenters. The second-order valence-electron chi connectivity index (χ2n) is 8.98. The molecular weight excluding hydrogens is 512 g/mol. The van der Waals surface area contributed by atoms with Gasteiger partial charge in [0.05, 0.1) is 4.90 Å². The second kappa shape index (κ2) is 10.3. The SMILES string of the molecule is Cc1ccc(S(=O)(=O)OC2CS[C@@H]3[C@H](N)C(=O)N3C2C(=O)OC(c2ccccc2)c2ccccc2)cc1. The number of hydrogen-bond donors (Lipinski definition) is 1. The van der Waals surface area contributed by atoms with E-state index in [4.69, 9.17) is 14.7 Å². The Morgan fingerprint density at radius 3 is 2.11 bits per heavy atom. The first-order chi connectivity index (χ1) is 17.8. The highest BCUT2D eigenvalue weighted by atomic mass is 32.2. The summed E-state index contributed by atoms with van der Waals surface area (Å²) < 4.78 is 37.8. The molecule has 0 radical (unpaired) electrons. The van der Waals surface area contributed by atoms with Crippen molar-refractivity contribution in [2.75, 3.05) is 5.75 Å². The predicted octanol–water partition coefficient (Wildman–Crippen LogP) is 3.01. The van der Waals surface area contributed by atoms with E-state index in [1.807, 2.05) is 67.6 Å². The lowest BCUT2D eigenvalue weighted by molar-refractivity contribution is -0.171. The number of nitrogens with two attached hydrogens (primary N) is 1. The van der Waals surface area contributed by atoms with Crippen LogP contribution in [-0.2, 0) is 28.6 Å². The fourth-order valence-corrected chi connectivity index (χ4v) is 7.01. The van der Waals surface area contributed by atoms with Gasteiger partial charge in [0.15, 0.2) is 12.1 Å². The van der Waals surface area contributed by atoms with Gasteiger partial charge in [0.1, 0.15) is 17.5 Å². The van der Waals surface area contributed by atoms with Crippen LogP contribution < -0.4 is 5.73 Å². The molecule has 1 amide bonds. The quantitative estimate of drug-likeness (QED) is 0.277. The first kappa shape index (κ1) is 25.5. The number of carbonyl (C=O) groups is 2. The van der Waals surface area contributed by atoms with Crippen LogP contribution in [0.4, 0.5) is 0 Å². The smallest absolute Gasteiger partial charge is 0.332 e. The van der Waals surface area contributed by atoms with Crippen LogP contribution in [0.1, 0.15) is 22.8 Å². The molecule has 0 aromatic heterocycles. The predicted molar refractivity (Wildman–Crippen MR) is 139 cm³/mol. The summed E-state index contributed by atoms with van der Waals surface area (Å²) >= 11 is 1.29. The molecule has 0 bridgehead atoms. The summed E-state index contributed by atoms with van der Waals surface area (Å²) in [6, 6.07) is 22.6. The lowest BCUT2D eigenvalue weighted by Gasteiger charge is -2.53. The number of carbonyl (C=O) groups excluding carboxylic acids is 2. The number of benzene rings is 3. The molecule has 0 saturated carbocycles. The summed E-state index contributed by atoms with van der Waals surface area (Å²) in [7, 11) is -4.21. The number of β-lactam (4-membered cyclic amide) rings is 1. The molecule has 2 aliphatic heterocycles. The van der Waals surface area contributed by atoms with E-state index in [0.717, 1.165) is 16.7 Å². The molecule has 5 rings (SSSR count). The minimum atomic E-state index is -4.21. The Morgan fingerprint density at radius 2 is 1.54 bits per heavy atom. The monoisotopic (exact) mass is 538 g/mol. The van der Waals surface area contributed by atoms with Gasteiger partial charge in [-0.3, -0.25) is 8.98 Å². The summed E-state index contributed by atoms with van der Waals surface area (Å²) in [4.78, 5) is 27.7. The number of nitrogens with zero attached hydrogens (tertiary/aromatic N) is 1. The van der Waals surface area contributed by atoms with Crippen LogP contribution in [-0.4, -0.2) is 54.5 Å². The van der Waals surface area contributed by atoms with Gasteiger partial charge in [-0.25, -0.2) is 4.79 Å². The first-order valence-electron chi connectivity index (χ1n) is 11.8. The number of ether oxygens (including phenoxy) is 1. The maximum atomic E-state index is 13.7. The number of hydrogen-bond acceptors (Lipinski definition) is 8. The van der Waals surface area contributed by atoms with Crippen molar-refractivity contribution in [3.05, 3.63) is 102 Å². The van der Waals surface area contributed by atoms with Crippen molar-refractivity contribution >= 4 is 33.8 Å². The highest BCUT2D eigenvalue weighted by molar-refractivity contribution is 8.00. The molecule has 2 saturated heterocycles. The molecule has 37 heavy (non-hydrogen) atoms. The van der Waals surface area contributed by atoms with E-state index < -0.39 is 51.7 Å². The van der Waals surface area contributed by atoms with E-state index in [1.54, 1.807) is 12.1 Å². The zero-order valence-electron chi connectivity index (χ0n) is 20.0. The normalized spacial score (nSPS) is 23.3. The van der Waals surface area contributed by atoms with Crippen LogP contribution in [0.3, 0.4) is 0 Å². The molecule has 2 N–H and O–H groups in total. The van der Waals surface area contributed by atoms with Gasteiger partial charge in [-0.15, -0.1) is 11.8 Å². The van der Waals surface area contributed by atoms with Crippen molar-refractivity contribution < 1.29 is 26.9 Å². The van der Waals surface area contributed by atoms with Gasteiger partial charge in [0.25, 0.3) is 10.1 Å². The maximum absolute atomic E-state index is 13.7. The number of fused-ring (bicyclic) bond motifs is 1. The molecule has 8 nitrogen and oxygen atoms in total. The van der Waals surface area contributed by atoms with Crippen molar-refractivity contribution in [1.82, 2.24) is 4.90 Å². The van der Waals surface area contributed by atoms with Gasteiger partial charge in [0, 0.05) is 5.75 Å². The van der Waals surface area contributed by atoms with Gasteiger partial charge in [-0.2, -0.15) is 8.42 Å². The topological polar surface area (TPSA) is 116 Å². The maximum Gasteiger partial charge on any atom is 0.332 e. The molecule has 10 heteroatoms. The van der Waals surface area contributed by atoms with E-state index in [1.165, 1.54) is 28.8 Å². The first-order valence-corrected chi connectivity index (χ1v) is 14.2. The summed E-state index contributed by atoms with van der Waals surface area (Å²) in [5.41, 5.74) is 8.34. The molecule has 2 fully saturated rings. The average molecular weight is 539 g/mol. The number of amides is 1. The zero-order valence-corrected chi connectivity index (χ0v) is 21.6. The summed E-state index contributed by atoms with van der Waals surface area (Å²) in [5, 5.41) is -0.459. The number of aryl methyl sites for hydroxylation is 1. The van der Waals surface area contributed by atoms with Gasteiger partial charge >= 0.3 is 5.97 Å². The lowest BCUT2D eigenvalue weighted by atomic mass is 9.99. The fraction of sp³-hybridized carbons (Fsp3) is 0.259. The van der Waals surface area contributed by atoms with Crippen molar-refractivity contribution in [2.24, 2.45) is 5.73 Å². The summed E-state index contributed by atoms with van der Waals surface area (Å²) in [6.07, 6.45) is -1.91. The number of esters is 1. The Labute approximate surface area is 219 Å². The molecule has 4 atom stereocenters. The van der Waals surface area contributed by atoms with Crippen LogP contribution in [0.25, 0.3) is 0 Å². The Kier molecular flexibility index (Phi) is 7.09. The van der Waals surface area contributed by atoms with Crippen molar-refractivity contribution in [2.45, 2.75) is 41.5 Å².